The molecule has 1 N–H and O–H groups in total. The number of amides is 2. The van der Waals surface area contributed by atoms with Crippen molar-refractivity contribution in [3.63, 3.8) is 0 Å². The van der Waals surface area contributed by atoms with Crippen molar-refractivity contribution >= 4 is 17.5 Å². The van der Waals surface area contributed by atoms with Crippen molar-refractivity contribution in [2.75, 3.05) is 4.90 Å². The van der Waals surface area contributed by atoms with E-state index in [4.69, 9.17) is 0 Å². The quantitative estimate of drug-likeness (QED) is 0.687. The molecule has 4 nitrogen and oxygen atoms in total. The number of anilines is 1. The van der Waals surface area contributed by atoms with E-state index >= 15 is 0 Å². The Morgan fingerprint density at radius 2 is 1.67 bits per heavy atom. The van der Waals surface area contributed by atoms with Gasteiger partial charge in [-0.15, -0.1) is 0 Å². The zero-order chi connectivity index (χ0) is 21.1. The summed E-state index contributed by atoms with van der Waals surface area (Å²) < 4.78 is 0. The van der Waals surface area contributed by atoms with Gasteiger partial charge in [-0.3, -0.25) is 14.5 Å². The monoisotopic (exact) mass is 398 g/mol. The molecule has 0 aliphatic carbocycles. The van der Waals surface area contributed by atoms with E-state index in [9.17, 15) is 9.59 Å². The molecule has 152 valence electrons. The minimum atomic E-state index is -1.02. The van der Waals surface area contributed by atoms with Crippen LogP contribution in [0.3, 0.4) is 0 Å². The summed E-state index contributed by atoms with van der Waals surface area (Å²) in [5, 5.41) is 3.06. The van der Waals surface area contributed by atoms with E-state index in [0.717, 1.165) is 28.8 Å². The Labute approximate surface area is 177 Å². The van der Waals surface area contributed by atoms with Crippen LogP contribution < -0.4 is 10.2 Å². The highest BCUT2D eigenvalue weighted by atomic mass is 16.2. The van der Waals surface area contributed by atoms with Crippen LogP contribution in [0.2, 0.25) is 0 Å². The Kier molecular flexibility index (Phi) is 5.40. The van der Waals surface area contributed by atoms with Gasteiger partial charge in [0.25, 0.3) is 5.91 Å². The van der Waals surface area contributed by atoms with Crippen molar-refractivity contribution in [1.82, 2.24) is 5.32 Å². The first-order chi connectivity index (χ1) is 14.5. The van der Waals surface area contributed by atoms with E-state index in [1.807, 2.05) is 85.8 Å². The lowest BCUT2D eigenvalue weighted by Gasteiger charge is -2.44. The third kappa shape index (κ3) is 3.61. The van der Waals surface area contributed by atoms with Crippen LogP contribution in [0, 0.1) is 0 Å². The molecule has 1 heterocycles. The summed E-state index contributed by atoms with van der Waals surface area (Å²) in [6, 6.07) is 25.3. The maximum Gasteiger partial charge on any atom is 0.259 e. The fraction of sp³-hybridized carbons (Fsp3) is 0.231. The molecule has 1 aliphatic heterocycles. The van der Waals surface area contributed by atoms with E-state index in [0.29, 0.717) is 18.5 Å². The number of fused-ring (bicyclic) bond motifs is 1. The molecule has 3 aromatic carbocycles. The van der Waals surface area contributed by atoms with Crippen LogP contribution in [0.15, 0.2) is 78.9 Å². The third-order valence-electron chi connectivity index (χ3n) is 5.84. The maximum atomic E-state index is 13.6. The molecule has 0 bridgehead atoms. The van der Waals surface area contributed by atoms with Crippen molar-refractivity contribution in [3.8, 4) is 0 Å². The average molecular weight is 399 g/mol. The van der Waals surface area contributed by atoms with E-state index < -0.39 is 5.54 Å². The molecule has 0 spiro atoms. The number of aryl methyl sites for hydroxylation is 1. The van der Waals surface area contributed by atoms with Gasteiger partial charge in [-0.2, -0.15) is 0 Å². The van der Waals surface area contributed by atoms with Crippen LogP contribution in [0.25, 0.3) is 0 Å². The van der Waals surface area contributed by atoms with E-state index in [1.54, 1.807) is 4.90 Å². The van der Waals surface area contributed by atoms with Crippen LogP contribution in [-0.4, -0.2) is 17.4 Å². The number of benzene rings is 3. The molecule has 1 aliphatic rings. The second-order valence-corrected chi connectivity index (χ2v) is 7.94. The fourth-order valence-corrected chi connectivity index (χ4v) is 4.15. The van der Waals surface area contributed by atoms with E-state index in [-0.39, 0.29) is 11.8 Å². The molecule has 30 heavy (non-hydrogen) atoms. The van der Waals surface area contributed by atoms with E-state index in [2.05, 4.69) is 12.2 Å². The van der Waals surface area contributed by atoms with Crippen LogP contribution in [-0.2, 0) is 24.2 Å². The van der Waals surface area contributed by atoms with Crippen molar-refractivity contribution in [2.24, 2.45) is 0 Å². The van der Waals surface area contributed by atoms with Crippen molar-refractivity contribution in [1.29, 1.82) is 0 Å². The second-order valence-electron chi connectivity index (χ2n) is 7.94. The van der Waals surface area contributed by atoms with Gasteiger partial charge in [0.1, 0.15) is 5.54 Å². The van der Waals surface area contributed by atoms with Crippen LogP contribution in [0.4, 0.5) is 5.69 Å². The SMILES string of the molecule is CCc1cccc(N2C(=O)c3ccccc3CC2(C)C(=O)NCc2ccccc2)c1. The number of nitrogens with one attached hydrogen (secondary N) is 1. The molecule has 1 unspecified atom stereocenters. The highest BCUT2D eigenvalue weighted by Gasteiger charge is 2.47. The minimum Gasteiger partial charge on any atom is -0.350 e. The standard InChI is InChI=1S/C26H26N2O2/c1-3-19-12-9-14-22(16-19)28-24(29)23-15-8-7-13-21(23)17-26(28,2)25(30)27-18-20-10-5-4-6-11-20/h4-16H,3,17-18H2,1-2H3,(H,27,30). The zero-order valence-corrected chi connectivity index (χ0v) is 17.4. The summed E-state index contributed by atoms with van der Waals surface area (Å²) in [5.41, 5.74) is 3.46. The summed E-state index contributed by atoms with van der Waals surface area (Å²) in [5.74, 6) is -0.293. The summed E-state index contributed by atoms with van der Waals surface area (Å²) in [6.07, 6.45) is 1.33. The van der Waals surface area contributed by atoms with Gasteiger partial charge in [-0.05, 0) is 48.2 Å². The maximum absolute atomic E-state index is 13.6. The molecule has 0 radical (unpaired) electrons. The smallest absolute Gasteiger partial charge is 0.259 e. The van der Waals surface area contributed by atoms with Gasteiger partial charge in [0, 0.05) is 24.2 Å². The summed E-state index contributed by atoms with van der Waals surface area (Å²) in [6.45, 7) is 4.37. The Morgan fingerprint density at radius 1 is 0.967 bits per heavy atom. The zero-order valence-electron chi connectivity index (χ0n) is 17.4. The van der Waals surface area contributed by atoms with Gasteiger partial charge in [-0.1, -0.05) is 67.6 Å². The van der Waals surface area contributed by atoms with Crippen molar-refractivity contribution in [3.05, 3.63) is 101 Å². The molecule has 0 fully saturated rings. The van der Waals surface area contributed by atoms with Crippen molar-refractivity contribution < 1.29 is 9.59 Å². The minimum absolute atomic E-state index is 0.137. The first kappa shape index (κ1) is 19.9. The normalized spacial score (nSPS) is 18.1. The Hall–Kier alpha value is -3.40. The molecular weight excluding hydrogens is 372 g/mol. The molecule has 0 aromatic heterocycles. The lowest BCUT2D eigenvalue weighted by atomic mass is 9.82. The predicted molar refractivity (Wildman–Crippen MR) is 119 cm³/mol. The first-order valence-electron chi connectivity index (χ1n) is 10.4. The summed E-state index contributed by atoms with van der Waals surface area (Å²) in [4.78, 5) is 28.7. The average Bonchev–Trinajstić information content (AvgIpc) is 2.78. The number of carbonyl (C=O) groups is 2. The Bertz CT molecular complexity index is 1080. The van der Waals surface area contributed by atoms with Crippen molar-refractivity contribution in [2.45, 2.75) is 38.8 Å². The summed E-state index contributed by atoms with van der Waals surface area (Å²) in [7, 11) is 0. The molecule has 0 saturated carbocycles. The highest BCUT2D eigenvalue weighted by Crippen LogP contribution is 2.36. The van der Waals surface area contributed by atoms with Crippen LogP contribution >= 0.6 is 0 Å². The number of carbonyl (C=O) groups excluding carboxylic acids is 2. The number of hydrogen-bond acceptors (Lipinski definition) is 2. The van der Waals surface area contributed by atoms with Gasteiger partial charge < -0.3 is 5.32 Å². The lowest BCUT2D eigenvalue weighted by Crippen LogP contribution is -2.63. The summed E-state index contributed by atoms with van der Waals surface area (Å²) >= 11 is 0. The van der Waals surface area contributed by atoms with Crippen LogP contribution in [0.1, 0.15) is 40.9 Å². The van der Waals surface area contributed by atoms with Crippen LogP contribution in [0.5, 0.6) is 0 Å². The van der Waals surface area contributed by atoms with Gasteiger partial charge >= 0.3 is 0 Å². The van der Waals surface area contributed by atoms with Gasteiger partial charge in [0.05, 0.1) is 0 Å². The highest BCUT2D eigenvalue weighted by molar-refractivity contribution is 6.14. The molecule has 4 rings (SSSR count). The predicted octanol–water partition coefficient (Wildman–Crippen LogP) is 4.53. The molecule has 0 saturated heterocycles. The van der Waals surface area contributed by atoms with Gasteiger partial charge in [0.2, 0.25) is 5.91 Å². The van der Waals surface area contributed by atoms with E-state index in [1.165, 1.54) is 0 Å². The molecule has 2 amide bonds. The largest absolute Gasteiger partial charge is 0.350 e. The Balaban J connectivity index is 1.73. The lowest BCUT2D eigenvalue weighted by molar-refractivity contribution is -0.126. The Morgan fingerprint density at radius 3 is 2.43 bits per heavy atom. The first-order valence-corrected chi connectivity index (χ1v) is 10.4. The topological polar surface area (TPSA) is 49.4 Å². The number of nitrogens with zero attached hydrogens (tertiary/aromatic N) is 1. The number of hydrogen-bond donors (Lipinski definition) is 1. The second kappa shape index (κ2) is 8.15. The fourth-order valence-electron chi connectivity index (χ4n) is 4.15. The molecule has 4 heteroatoms. The van der Waals surface area contributed by atoms with Gasteiger partial charge in [0.15, 0.2) is 0 Å². The third-order valence-corrected chi connectivity index (χ3v) is 5.84. The molecule has 3 aromatic rings. The number of rotatable bonds is 5. The molecular formula is C26H26N2O2. The van der Waals surface area contributed by atoms with Gasteiger partial charge in [-0.25, -0.2) is 0 Å². The molecule has 1 atom stereocenters.